The predicted molar refractivity (Wildman–Crippen MR) is 125 cm³/mol. The Hall–Kier alpha value is -2.94. The van der Waals surface area contributed by atoms with Gasteiger partial charge in [0.05, 0.1) is 12.6 Å². The minimum Gasteiger partial charge on any atom is -0.357 e. The Morgan fingerprint density at radius 3 is 2.81 bits per heavy atom. The van der Waals surface area contributed by atoms with Gasteiger partial charge < -0.3 is 30.7 Å². The summed E-state index contributed by atoms with van der Waals surface area (Å²) in [7, 11) is 1.75. The van der Waals surface area contributed by atoms with E-state index in [2.05, 4.69) is 20.9 Å². The van der Waals surface area contributed by atoms with E-state index in [1.807, 2.05) is 31.2 Å². The van der Waals surface area contributed by atoms with Crippen molar-refractivity contribution in [3.63, 3.8) is 0 Å². The van der Waals surface area contributed by atoms with Crippen LogP contribution < -0.4 is 16.0 Å². The Kier molecular flexibility index (Phi) is 7.84. The lowest BCUT2D eigenvalue weighted by Crippen LogP contribution is -2.56. The van der Waals surface area contributed by atoms with Crippen molar-refractivity contribution in [3.05, 3.63) is 35.0 Å². The Morgan fingerprint density at radius 1 is 1.28 bits per heavy atom. The number of likely N-dealkylation sites (N-methyl/N-ethyl adjacent to an activating group) is 1. The van der Waals surface area contributed by atoms with Crippen molar-refractivity contribution in [2.75, 3.05) is 26.7 Å². The summed E-state index contributed by atoms with van der Waals surface area (Å²) in [5, 5.41) is 9.87. The number of piperidine rings is 1. The standard InChI is InChI=1S/C22H31ClN6O3/c1-4-24-21(31)26-14(2)20(30)29-9-5-6-18(13-29)28(3)22(32)25-12-17-11-15-10-16(23)7-8-19(15)27-17/h7-8,10-11,14,18,27H,4-6,9,12-13H2,1-3H3,(H,25,32)(H2,24,26,31). The van der Waals surface area contributed by atoms with Gasteiger partial charge in [0, 0.05) is 48.3 Å². The molecule has 1 aromatic heterocycles. The Labute approximate surface area is 192 Å². The summed E-state index contributed by atoms with van der Waals surface area (Å²) in [4.78, 5) is 43.8. The van der Waals surface area contributed by atoms with Crippen molar-refractivity contribution in [3.8, 4) is 0 Å². The third-order valence-corrected chi connectivity index (χ3v) is 5.94. The molecule has 32 heavy (non-hydrogen) atoms. The topological polar surface area (TPSA) is 110 Å². The number of halogens is 1. The van der Waals surface area contributed by atoms with E-state index in [1.54, 1.807) is 23.8 Å². The lowest BCUT2D eigenvalue weighted by Gasteiger charge is -2.38. The fourth-order valence-corrected chi connectivity index (χ4v) is 4.12. The van der Waals surface area contributed by atoms with Gasteiger partial charge in [-0.3, -0.25) is 4.79 Å². The average Bonchev–Trinajstić information content (AvgIpc) is 3.18. The van der Waals surface area contributed by atoms with E-state index in [4.69, 9.17) is 11.6 Å². The molecule has 1 aliphatic heterocycles. The normalized spacial score (nSPS) is 17.0. The van der Waals surface area contributed by atoms with Crippen LogP contribution >= 0.6 is 11.6 Å². The molecule has 3 rings (SSSR count). The zero-order valence-electron chi connectivity index (χ0n) is 18.7. The summed E-state index contributed by atoms with van der Waals surface area (Å²) in [5.41, 5.74) is 1.85. The van der Waals surface area contributed by atoms with Gasteiger partial charge in [0.25, 0.3) is 0 Å². The van der Waals surface area contributed by atoms with Crippen molar-refractivity contribution in [2.45, 2.75) is 45.3 Å². The fourth-order valence-electron chi connectivity index (χ4n) is 3.94. The molecule has 1 fully saturated rings. The molecule has 1 saturated heterocycles. The van der Waals surface area contributed by atoms with Gasteiger partial charge in [-0.1, -0.05) is 11.6 Å². The molecule has 4 N–H and O–H groups in total. The second kappa shape index (κ2) is 10.6. The largest absolute Gasteiger partial charge is 0.357 e. The number of carbonyl (C=O) groups excluding carboxylic acids is 3. The van der Waals surface area contributed by atoms with Crippen LogP contribution in [0.2, 0.25) is 5.02 Å². The summed E-state index contributed by atoms with van der Waals surface area (Å²) >= 11 is 6.03. The first kappa shape index (κ1) is 23.7. The van der Waals surface area contributed by atoms with Crippen LogP contribution in [-0.2, 0) is 11.3 Å². The maximum atomic E-state index is 12.7. The summed E-state index contributed by atoms with van der Waals surface area (Å²) in [6.45, 7) is 5.39. The van der Waals surface area contributed by atoms with Gasteiger partial charge in [-0.2, -0.15) is 0 Å². The molecule has 2 heterocycles. The van der Waals surface area contributed by atoms with Crippen LogP contribution in [0.25, 0.3) is 10.9 Å². The van der Waals surface area contributed by atoms with Crippen LogP contribution in [0.5, 0.6) is 0 Å². The Morgan fingerprint density at radius 2 is 2.06 bits per heavy atom. The number of nitrogens with zero attached hydrogens (tertiary/aromatic N) is 2. The number of aromatic amines is 1. The third-order valence-electron chi connectivity index (χ3n) is 5.70. The molecule has 10 heteroatoms. The molecule has 0 bridgehead atoms. The number of amides is 5. The lowest BCUT2D eigenvalue weighted by atomic mass is 10.0. The minimum absolute atomic E-state index is 0.0918. The van der Waals surface area contributed by atoms with Crippen LogP contribution in [0.15, 0.2) is 24.3 Å². The van der Waals surface area contributed by atoms with E-state index in [1.165, 1.54) is 0 Å². The van der Waals surface area contributed by atoms with Crippen molar-refractivity contribution < 1.29 is 14.4 Å². The number of carbonyl (C=O) groups is 3. The highest BCUT2D eigenvalue weighted by atomic mass is 35.5. The first-order valence-corrected chi connectivity index (χ1v) is 11.3. The van der Waals surface area contributed by atoms with Crippen molar-refractivity contribution in [2.24, 2.45) is 0 Å². The minimum atomic E-state index is -0.630. The quantitative estimate of drug-likeness (QED) is 0.529. The van der Waals surface area contributed by atoms with Crippen LogP contribution in [0.3, 0.4) is 0 Å². The smallest absolute Gasteiger partial charge is 0.317 e. The van der Waals surface area contributed by atoms with E-state index in [9.17, 15) is 14.4 Å². The molecule has 2 atom stereocenters. The highest BCUT2D eigenvalue weighted by Crippen LogP contribution is 2.20. The lowest BCUT2D eigenvalue weighted by molar-refractivity contribution is -0.134. The van der Waals surface area contributed by atoms with E-state index in [0.29, 0.717) is 31.2 Å². The monoisotopic (exact) mass is 462 g/mol. The molecule has 0 radical (unpaired) electrons. The summed E-state index contributed by atoms with van der Waals surface area (Å²) in [6.07, 6.45) is 1.61. The van der Waals surface area contributed by atoms with Gasteiger partial charge in [-0.05, 0) is 51.0 Å². The van der Waals surface area contributed by atoms with Crippen molar-refractivity contribution in [1.29, 1.82) is 0 Å². The molecule has 0 spiro atoms. The number of likely N-dealkylation sites (tertiary alicyclic amines) is 1. The maximum absolute atomic E-state index is 12.7. The van der Waals surface area contributed by atoms with Crippen LogP contribution in [-0.4, -0.2) is 71.5 Å². The van der Waals surface area contributed by atoms with Gasteiger partial charge in [0.2, 0.25) is 5.91 Å². The molecule has 0 saturated carbocycles. The highest BCUT2D eigenvalue weighted by Gasteiger charge is 2.30. The van der Waals surface area contributed by atoms with E-state index in [-0.39, 0.29) is 24.0 Å². The number of nitrogens with one attached hydrogen (secondary N) is 4. The summed E-state index contributed by atoms with van der Waals surface area (Å²) in [5.74, 6) is -0.147. The second-order valence-electron chi connectivity index (χ2n) is 8.10. The molecule has 1 aromatic carbocycles. The highest BCUT2D eigenvalue weighted by molar-refractivity contribution is 6.31. The summed E-state index contributed by atoms with van der Waals surface area (Å²) in [6, 6.07) is 6.28. The second-order valence-corrected chi connectivity index (χ2v) is 8.54. The summed E-state index contributed by atoms with van der Waals surface area (Å²) < 4.78 is 0. The van der Waals surface area contributed by atoms with E-state index < -0.39 is 6.04 Å². The van der Waals surface area contributed by atoms with Crippen LogP contribution in [0.1, 0.15) is 32.4 Å². The molecule has 5 amide bonds. The van der Waals surface area contributed by atoms with Gasteiger partial charge in [0.15, 0.2) is 0 Å². The molecule has 2 unspecified atom stereocenters. The fraction of sp³-hybridized carbons (Fsp3) is 0.500. The molecule has 9 nitrogen and oxygen atoms in total. The van der Waals surface area contributed by atoms with Crippen molar-refractivity contribution in [1.82, 2.24) is 30.7 Å². The first-order valence-electron chi connectivity index (χ1n) is 10.9. The molecular weight excluding hydrogens is 432 g/mol. The number of benzene rings is 1. The number of rotatable bonds is 6. The Balaban J connectivity index is 1.52. The molecule has 1 aliphatic rings. The molecule has 174 valence electrons. The maximum Gasteiger partial charge on any atom is 0.317 e. The van der Waals surface area contributed by atoms with Gasteiger partial charge >= 0.3 is 12.1 Å². The van der Waals surface area contributed by atoms with Crippen molar-refractivity contribution >= 4 is 40.5 Å². The zero-order valence-corrected chi connectivity index (χ0v) is 19.5. The number of aromatic nitrogens is 1. The SMILES string of the molecule is CCNC(=O)NC(C)C(=O)N1CCCC(N(C)C(=O)NCc2cc3cc(Cl)ccc3[nH]2)C1. The Bertz CT molecular complexity index is 978. The van der Waals surface area contributed by atoms with Gasteiger partial charge in [0.1, 0.15) is 6.04 Å². The number of fused-ring (bicyclic) bond motifs is 1. The molecule has 0 aliphatic carbocycles. The molecule has 2 aromatic rings. The number of urea groups is 2. The zero-order chi connectivity index (χ0) is 23.3. The van der Waals surface area contributed by atoms with Crippen LogP contribution in [0.4, 0.5) is 9.59 Å². The number of hydrogen-bond acceptors (Lipinski definition) is 3. The predicted octanol–water partition coefficient (Wildman–Crippen LogP) is 2.66. The average molecular weight is 463 g/mol. The van der Waals surface area contributed by atoms with E-state index in [0.717, 1.165) is 29.4 Å². The van der Waals surface area contributed by atoms with Gasteiger partial charge in [-0.25, -0.2) is 9.59 Å². The van der Waals surface area contributed by atoms with E-state index >= 15 is 0 Å². The van der Waals surface area contributed by atoms with Gasteiger partial charge in [-0.15, -0.1) is 0 Å². The molecular formula is C22H31ClN6O3. The third kappa shape index (κ3) is 5.85. The van der Waals surface area contributed by atoms with Crippen LogP contribution in [0, 0.1) is 0 Å². The number of H-pyrrole nitrogens is 1. The first-order chi connectivity index (χ1) is 15.3. The number of hydrogen-bond donors (Lipinski definition) is 4.